The predicted octanol–water partition coefficient (Wildman–Crippen LogP) is 3.35. The molecule has 2 aromatic carbocycles. The predicted molar refractivity (Wildman–Crippen MR) is 94.3 cm³/mol. The van der Waals surface area contributed by atoms with E-state index in [9.17, 15) is 9.59 Å². The number of nitrogens with zero attached hydrogens (tertiary/aromatic N) is 2. The SMILES string of the molecule is Cn1nc(-c2ccc(NC(=O)c3ccccc3Cl)cc2)ccc1=O. The lowest BCUT2D eigenvalue weighted by Crippen LogP contribution is -2.18. The van der Waals surface area contributed by atoms with Gasteiger partial charge >= 0.3 is 0 Å². The number of hydrogen-bond acceptors (Lipinski definition) is 3. The zero-order valence-electron chi connectivity index (χ0n) is 12.9. The van der Waals surface area contributed by atoms with Crippen molar-refractivity contribution in [2.45, 2.75) is 0 Å². The largest absolute Gasteiger partial charge is 0.322 e. The standard InChI is InChI=1S/C18H14ClN3O2/c1-22-17(23)11-10-16(21-22)12-6-8-13(9-7-12)20-18(24)14-4-2-3-5-15(14)19/h2-11H,1H3,(H,20,24). The summed E-state index contributed by atoms with van der Waals surface area (Å²) in [5, 5.41) is 7.40. The number of benzene rings is 2. The van der Waals surface area contributed by atoms with Crippen LogP contribution in [0.5, 0.6) is 0 Å². The molecule has 1 amide bonds. The van der Waals surface area contributed by atoms with Crippen LogP contribution in [0.3, 0.4) is 0 Å². The van der Waals surface area contributed by atoms with Crippen LogP contribution in [0.15, 0.2) is 65.5 Å². The fraction of sp³-hybridized carbons (Fsp3) is 0.0556. The zero-order chi connectivity index (χ0) is 17.1. The summed E-state index contributed by atoms with van der Waals surface area (Å²) < 4.78 is 1.28. The molecule has 3 aromatic rings. The minimum absolute atomic E-state index is 0.164. The number of rotatable bonds is 3. The number of carbonyl (C=O) groups is 1. The van der Waals surface area contributed by atoms with E-state index in [4.69, 9.17) is 11.6 Å². The van der Waals surface area contributed by atoms with Crippen LogP contribution >= 0.6 is 11.6 Å². The number of aromatic nitrogens is 2. The Hall–Kier alpha value is -2.92. The smallest absolute Gasteiger partial charge is 0.266 e. The van der Waals surface area contributed by atoms with Gasteiger partial charge in [-0.25, -0.2) is 4.68 Å². The molecule has 0 saturated carbocycles. The average molecular weight is 340 g/mol. The average Bonchev–Trinajstić information content (AvgIpc) is 2.58. The molecule has 1 heterocycles. The number of aryl methyl sites for hydroxylation is 1. The Labute approximate surface area is 143 Å². The molecule has 0 saturated heterocycles. The summed E-state index contributed by atoms with van der Waals surface area (Å²) in [6, 6.07) is 17.2. The van der Waals surface area contributed by atoms with Gasteiger partial charge in [0.1, 0.15) is 0 Å². The minimum atomic E-state index is -0.270. The molecule has 0 spiro atoms. The first-order valence-corrected chi connectivity index (χ1v) is 7.63. The molecule has 0 aliphatic rings. The lowest BCUT2D eigenvalue weighted by molar-refractivity contribution is 0.102. The van der Waals surface area contributed by atoms with Gasteiger partial charge in [0.05, 0.1) is 16.3 Å². The molecule has 0 unspecified atom stereocenters. The monoisotopic (exact) mass is 339 g/mol. The molecule has 0 aliphatic carbocycles. The van der Waals surface area contributed by atoms with Gasteiger partial charge in [0, 0.05) is 24.4 Å². The van der Waals surface area contributed by atoms with Gasteiger partial charge in [-0.2, -0.15) is 5.10 Å². The van der Waals surface area contributed by atoms with Crippen molar-refractivity contribution in [2.75, 3.05) is 5.32 Å². The van der Waals surface area contributed by atoms with Gasteiger partial charge in [-0.05, 0) is 30.3 Å². The molecule has 0 aliphatic heterocycles. The Bertz CT molecular complexity index is 949. The molecule has 0 atom stereocenters. The van der Waals surface area contributed by atoms with Crippen LogP contribution in [0.2, 0.25) is 5.02 Å². The molecular formula is C18H14ClN3O2. The molecular weight excluding hydrogens is 326 g/mol. The van der Waals surface area contributed by atoms with E-state index < -0.39 is 0 Å². The summed E-state index contributed by atoms with van der Waals surface area (Å²) in [6.07, 6.45) is 0. The quantitative estimate of drug-likeness (QED) is 0.795. The molecule has 0 fully saturated rings. The molecule has 5 nitrogen and oxygen atoms in total. The van der Waals surface area contributed by atoms with Crippen LogP contribution < -0.4 is 10.9 Å². The second-order valence-electron chi connectivity index (χ2n) is 5.19. The van der Waals surface area contributed by atoms with Crippen molar-refractivity contribution in [2.24, 2.45) is 7.05 Å². The Morgan fingerprint density at radius 1 is 1.04 bits per heavy atom. The number of nitrogens with one attached hydrogen (secondary N) is 1. The van der Waals surface area contributed by atoms with Crippen molar-refractivity contribution in [1.29, 1.82) is 0 Å². The van der Waals surface area contributed by atoms with Gasteiger partial charge in [0.2, 0.25) is 0 Å². The highest BCUT2D eigenvalue weighted by Gasteiger charge is 2.10. The molecule has 1 aromatic heterocycles. The summed E-state index contributed by atoms with van der Waals surface area (Å²) in [6.45, 7) is 0. The van der Waals surface area contributed by atoms with Crippen molar-refractivity contribution in [3.8, 4) is 11.3 Å². The summed E-state index contributed by atoms with van der Waals surface area (Å²) >= 11 is 6.02. The lowest BCUT2D eigenvalue weighted by atomic mass is 10.1. The molecule has 120 valence electrons. The maximum atomic E-state index is 12.2. The molecule has 0 radical (unpaired) electrons. The summed E-state index contributed by atoms with van der Waals surface area (Å²) in [4.78, 5) is 23.6. The van der Waals surface area contributed by atoms with E-state index in [-0.39, 0.29) is 11.5 Å². The number of halogens is 1. The Balaban J connectivity index is 1.80. The van der Waals surface area contributed by atoms with Gasteiger partial charge in [-0.1, -0.05) is 35.9 Å². The van der Waals surface area contributed by atoms with E-state index in [0.717, 1.165) is 5.56 Å². The lowest BCUT2D eigenvalue weighted by Gasteiger charge is -2.08. The fourth-order valence-electron chi connectivity index (χ4n) is 2.22. The molecule has 0 bridgehead atoms. The third kappa shape index (κ3) is 3.36. The van der Waals surface area contributed by atoms with Crippen LogP contribution in [-0.4, -0.2) is 15.7 Å². The Morgan fingerprint density at radius 3 is 2.42 bits per heavy atom. The number of anilines is 1. The molecule has 24 heavy (non-hydrogen) atoms. The second-order valence-corrected chi connectivity index (χ2v) is 5.60. The van der Waals surface area contributed by atoms with Crippen LogP contribution in [-0.2, 0) is 7.05 Å². The van der Waals surface area contributed by atoms with Gasteiger partial charge in [-0.15, -0.1) is 0 Å². The van der Waals surface area contributed by atoms with Crippen LogP contribution in [0.25, 0.3) is 11.3 Å². The van der Waals surface area contributed by atoms with Gasteiger partial charge < -0.3 is 5.32 Å². The van der Waals surface area contributed by atoms with Crippen LogP contribution in [0.1, 0.15) is 10.4 Å². The topological polar surface area (TPSA) is 64.0 Å². The van der Waals surface area contributed by atoms with Crippen molar-refractivity contribution < 1.29 is 4.79 Å². The van der Waals surface area contributed by atoms with E-state index in [2.05, 4.69) is 10.4 Å². The van der Waals surface area contributed by atoms with Crippen LogP contribution in [0, 0.1) is 0 Å². The summed E-state index contributed by atoms with van der Waals surface area (Å²) in [7, 11) is 1.60. The molecule has 6 heteroatoms. The Kier molecular flexibility index (Phi) is 4.44. The van der Waals surface area contributed by atoms with Crippen molar-refractivity contribution in [3.05, 3.63) is 81.6 Å². The normalized spacial score (nSPS) is 10.4. The third-order valence-corrected chi connectivity index (χ3v) is 3.85. The fourth-order valence-corrected chi connectivity index (χ4v) is 2.45. The Morgan fingerprint density at radius 2 is 1.75 bits per heavy atom. The number of hydrogen-bond donors (Lipinski definition) is 1. The van der Waals surface area contributed by atoms with Gasteiger partial charge in [-0.3, -0.25) is 9.59 Å². The highest BCUT2D eigenvalue weighted by Crippen LogP contribution is 2.20. The van der Waals surface area contributed by atoms with Crippen LogP contribution in [0.4, 0.5) is 5.69 Å². The van der Waals surface area contributed by atoms with Gasteiger partial charge in [0.25, 0.3) is 11.5 Å². The summed E-state index contributed by atoms with van der Waals surface area (Å²) in [5.41, 5.74) is 2.43. The highest BCUT2D eigenvalue weighted by atomic mass is 35.5. The van der Waals surface area contributed by atoms with Crippen molar-refractivity contribution >= 4 is 23.2 Å². The zero-order valence-corrected chi connectivity index (χ0v) is 13.6. The van der Waals surface area contributed by atoms with E-state index in [1.807, 2.05) is 12.1 Å². The molecule has 3 rings (SSSR count). The highest BCUT2D eigenvalue weighted by molar-refractivity contribution is 6.34. The first-order chi connectivity index (χ1) is 11.5. The first-order valence-electron chi connectivity index (χ1n) is 7.25. The van der Waals surface area contributed by atoms with Crippen molar-refractivity contribution in [3.63, 3.8) is 0 Å². The number of carbonyl (C=O) groups excluding carboxylic acids is 1. The molecule has 1 N–H and O–H groups in total. The van der Waals surface area contributed by atoms with Gasteiger partial charge in [0.15, 0.2) is 0 Å². The number of amides is 1. The maximum absolute atomic E-state index is 12.2. The third-order valence-electron chi connectivity index (χ3n) is 3.52. The second kappa shape index (κ2) is 6.68. The maximum Gasteiger partial charge on any atom is 0.266 e. The van der Waals surface area contributed by atoms with E-state index in [1.165, 1.54) is 10.7 Å². The summed E-state index contributed by atoms with van der Waals surface area (Å²) in [5.74, 6) is -0.270. The first kappa shape index (κ1) is 16.0. The van der Waals surface area contributed by atoms with E-state index in [1.54, 1.807) is 49.5 Å². The minimum Gasteiger partial charge on any atom is -0.322 e. The van der Waals surface area contributed by atoms with E-state index >= 15 is 0 Å². The van der Waals surface area contributed by atoms with Crippen molar-refractivity contribution in [1.82, 2.24) is 9.78 Å². The van der Waals surface area contributed by atoms with E-state index in [0.29, 0.717) is 22.0 Å².